The summed E-state index contributed by atoms with van der Waals surface area (Å²) in [5, 5.41) is 1.06. The van der Waals surface area contributed by atoms with Crippen LogP contribution in [0, 0.1) is 13.8 Å². The summed E-state index contributed by atoms with van der Waals surface area (Å²) in [6.45, 7) is 11.7. The number of furan rings is 1. The van der Waals surface area contributed by atoms with Gasteiger partial charge < -0.3 is 14.1 Å². The SMILES string of the molecule is CCCN(CCC)C(=O)/C=C(\C)c1cc2c(C)coc2c(C)c1OC. The number of hydrogen-bond donors (Lipinski definition) is 0. The van der Waals surface area contributed by atoms with Gasteiger partial charge in [0, 0.05) is 35.7 Å². The highest BCUT2D eigenvalue weighted by atomic mass is 16.5. The van der Waals surface area contributed by atoms with Crippen LogP contribution in [0.15, 0.2) is 22.8 Å². The van der Waals surface area contributed by atoms with Crippen molar-refractivity contribution in [3.8, 4) is 5.75 Å². The molecular formula is C21H29NO3. The van der Waals surface area contributed by atoms with Crippen molar-refractivity contribution in [1.29, 1.82) is 0 Å². The lowest BCUT2D eigenvalue weighted by Gasteiger charge is -2.20. The largest absolute Gasteiger partial charge is 0.496 e. The van der Waals surface area contributed by atoms with Gasteiger partial charge in [-0.15, -0.1) is 0 Å². The Balaban J connectivity index is 2.48. The Morgan fingerprint density at radius 2 is 1.88 bits per heavy atom. The van der Waals surface area contributed by atoms with Crippen LogP contribution in [-0.2, 0) is 4.79 Å². The molecular weight excluding hydrogens is 314 g/mol. The zero-order valence-electron chi connectivity index (χ0n) is 16.2. The molecule has 0 saturated heterocycles. The maximum atomic E-state index is 12.7. The molecule has 4 heteroatoms. The third kappa shape index (κ3) is 3.89. The highest BCUT2D eigenvalue weighted by molar-refractivity contribution is 5.98. The quantitative estimate of drug-likeness (QED) is 0.656. The lowest BCUT2D eigenvalue weighted by molar-refractivity contribution is -0.126. The molecule has 0 spiro atoms. The Bertz CT molecular complexity index is 780. The molecule has 0 aliphatic heterocycles. The van der Waals surface area contributed by atoms with E-state index < -0.39 is 0 Å². The Kier molecular flexibility index (Phi) is 6.29. The van der Waals surface area contributed by atoms with Gasteiger partial charge in [-0.1, -0.05) is 13.8 Å². The summed E-state index contributed by atoms with van der Waals surface area (Å²) < 4.78 is 11.3. The van der Waals surface area contributed by atoms with Gasteiger partial charge >= 0.3 is 0 Å². The van der Waals surface area contributed by atoms with Crippen molar-refractivity contribution in [2.45, 2.75) is 47.5 Å². The van der Waals surface area contributed by atoms with Crippen molar-refractivity contribution in [2.75, 3.05) is 20.2 Å². The van der Waals surface area contributed by atoms with E-state index >= 15 is 0 Å². The fourth-order valence-corrected chi connectivity index (χ4v) is 3.22. The molecule has 1 aromatic heterocycles. The summed E-state index contributed by atoms with van der Waals surface area (Å²) in [6, 6.07) is 2.06. The number of carbonyl (C=O) groups excluding carboxylic acids is 1. The molecule has 1 aromatic carbocycles. The van der Waals surface area contributed by atoms with E-state index in [0.29, 0.717) is 0 Å². The molecule has 0 saturated carbocycles. The molecule has 0 aliphatic rings. The molecule has 136 valence electrons. The molecule has 1 heterocycles. The van der Waals surface area contributed by atoms with Crippen molar-refractivity contribution in [3.05, 3.63) is 35.1 Å². The van der Waals surface area contributed by atoms with Gasteiger partial charge in [-0.25, -0.2) is 0 Å². The van der Waals surface area contributed by atoms with Crippen LogP contribution in [0.4, 0.5) is 0 Å². The fraction of sp³-hybridized carbons (Fsp3) is 0.476. The average molecular weight is 343 g/mol. The number of carbonyl (C=O) groups is 1. The zero-order valence-corrected chi connectivity index (χ0v) is 16.2. The minimum absolute atomic E-state index is 0.0601. The van der Waals surface area contributed by atoms with Gasteiger partial charge in [0.05, 0.1) is 13.4 Å². The lowest BCUT2D eigenvalue weighted by Crippen LogP contribution is -2.31. The van der Waals surface area contributed by atoms with Crippen LogP contribution >= 0.6 is 0 Å². The number of methoxy groups -OCH3 is 1. The first kappa shape index (κ1) is 19.1. The number of aryl methyl sites for hydroxylation is 2. The van der Waals surface area contributed by atoms with Crippen molar-refractivity contribution in [3.63, 3.8) is 0 Å². The van der Waals surface area contributed by atoms with E-state index in [1.165, 1.54) is 0 Å². The van der Waals surface area contributed by atoms with Crippen LogP contribution < -0.4 is 4.74 Å². The predicted octanol–water partition coefficient (Wildman–Crippen LogP) is 5.11. The highest BCUT2D eigenvalue weighted by Crippen LogP contribution is 2.37. The Morgan fingerprint density at radius 3 is 2.44 bits per heavy atom. The van der Waals surface area contributed by atoms with E-state index in [1.54, 1.807) is 19.4 Å². The van der Waals surface area contributed by atoms with Crippen LogP contribution in [0.3, 0.4) is 0 Å². The summed E-state index contributed by atoms with van der Waals surface area (Å²) in [5.41, 5.74) is 4.74. The lowest BCUT2D eigenvalue weighted by atomic mass is 9.98. The molecule has 25 heavy (non-hydrogen) atoms. The summed E-state index contributed by atoms with van der Waals surface area (Å²) in [4.78, 5) is 14.6. The average Bonchev–Trinajstić information content (AvgIpc) is 2.96. The van der Waals surface area contributed by atoms with Gasteiger partial charge in [-0.2, -0.15) is 0 Å². The van der Waals surface area contributed by atoms with Crippen molar-refractivity contribution >= 4 is 22.4 Å². The monoisotopic (exact) mass is 343 g/mol. The smallest absolute Gasteiger partial charge is 0.246 e. The second kappa shape index (κ2) is 8.24. The molecule has 0 atom stereocenters. The molecule has 0 bridgehead atoms. The van der Waals surface area contributed by atoms with Crippen LogP contribution in [0.5, 0.6) is 5.75 Å². The zero-order chi connectivity index (χ0) is 18.6. The Labute approximate surface area is 150 Å². The van der Waals surface area contributed by atoms with Gasteiger partial charge in [0.25, 0.3) is 0 Å². The van der Waals surface area contributed by atoms with Gasteiger partial charge in [0.2, 0.25) is 5.91 Å². The van der Waals surface area contributed by atoms with Crippen LogP contribution in [0.2, 0.25) is 0 Å². The Morgan fingerprint density at radius 1 is 1.24 bits per heavy atom. The molecule has 4 nitrogen and oxygen atoms in total. The van der Waals surface area contributed by atoms with Gasteiger partial charge in [-0.05, 0) is 50.8 Å². The number of amides is 1. The summed E-state index contributed by atoms with van der Waals surface area (Å²) >= 11 is 0. The number of nitrogens with zero attached hydrogens (tertiary/aromatic N) is 1. The maximum Gasteiger partial charge on any atom is 0.246 e. The van der Waals surface area contributed by atoms with E-state index in [2.05, 4.69) is 19.9 Å². The number of ether oxygens (including phenoxy) is 1. The number of rotatable bonds is 7. The minimum atomic E-state index is 0.0601. The molecule has 2 rings (SSSR count). The second-order valence-electron chi connectivity index (χ2n) is 6.53. The van der Waals surface area contributed by atoms with Crippen molar-refractivity contribution in [2.24, 2.45) is 0 Å². The molecule has 0 N–H and O–H groups in total. The van der Waals surface area contributed by atoms with Gasteiger partial charge in [0.1, 0.15) is 11.3 Å². The number of hydrogen-bond acceptors (Lipinski definition) is 3. The standard InChI is InChI=1S/C21H29NO3/c1-7-9-22(10-8-2)19(23)11-14(3)17-12-18-15(4)13-25-21(18)16(5)20(17)24-6/h11-13H,7-10H2,1-6H3/b14-11+. The molecule has 0 radical (unpaired) electrons. The summed E-state index contributed by atoms with van der Waals surface area (Å²) in [6.07, 6.45) is 5.40. The van der Waals surface area contributed by atoms with Crippen LogP contribution in [0.1, 0.15) is 50.3 Å². The third-order valence-corrected chi connectivity index (χ3v) is 4.51. The van der Waals surface area contributed by atoms with E-state index in [9.17, 15) is 4.79 Å². The number of fused-ring (bicyclic) bond motifs is 1. The highest BCUT2D eigenvalue weighted by Gasteiger charge is 2.17. The van der Waals surface area contributed by atoms with E-state index in [1.807, 2.05) is 25.7 Å². The van der Waals surface area contributed by atoms with Gasteiger partial charge in [0.15, 0.2) is 0 Å². The van der Waals surface area contributed by atoms with Crippen LogP contribution in [0.25, 0.3) is 16.5 Å². The molecule has 0 aliphatic carbocycles. The van der Waals surface area contributed by atoms with Crippen LogP contribution in [-0.4, -0.2) is 31.0 Å². The number of benzene rings is 1. The van der Waals surface area contributed by atoms with E-state index in [-0.39, 0.29) is 5.91 Å². The topological polar surface area (TPSA) is 42.7 Å². The molecule has 0 unspecified atom stereocenters. The summed E-state index contributed by atoms with van der Waals surface area (Å²) in [5.74, 6) is 0.825. The van der Waals surface area contributed by atoms with E-state index in [4.69, 9.17) is 9.15 Å². The predicted molar refractivity (Wildman–Crippen MR) is 103 cm³/mol. The van der Waals surface area contributed by atoms with Crippen molar-refractivity contribution in [1.82, 2.24) is 4.90 Å². The minimum Gasteiger partial charge on any atom is -0.496 e. The van der Waals surface area contributed by atoms with Gasteiger partial charge in [-0.3, -0.25) is 4.79 Å². The normalized spacial score (nSPS) is 11.8. The van der Waals surface area contributed by atoms with Crippen molar-refractivity contribution < 1.29 is 13.9 Å². The first-order chi connectivity index (χ1) is 11.9. The molecule has 1 amide bonds. The maximum absolute atomic E-state index is 12.7. The third-order valence-electron chi connectivity index (χ3n) is 4.51. The molecule has 0 fully saturated rings. The first-order valence-corrected chi connectivity index (χ1v) is 8.97. The Hall–Kier alpha value is -2.23. The first-order valence-electron chi connectivity index (χ1n) is 8.97. The number of allylic oxidation sites excluding steroid dienone is 1. The summed E-state index contributed by atoms with van der Waals surface area (Å²) in [7, 11) is 1.66. The molecule has 2 aromatic rings. The van der Waals surface area contributed by atoms with E-state index in [0.717, 1.165) is 64.9 Å². The second-order valence-corrected chi connectivity index (χ2v) is 6.53. The fourth-order valence-electron chi connectivity index (χ4n) is 3.22.